The molecule has 1 aromatic carbocycles. The van der Waals surface area contributed by atoms with Crippen LogP contribution in [0, 0.1) is 0 Å². The van der Waals surface area contributed by atoms with E-state index < -0.39 is 6.10 Å². The molecular formula is C12H18N2O2. The molecule has 3 N–H and O–H groups in total. The molecule has 0 saturated heterocycles. The molecule has 1 aliphatic rings. The summed E-state index contributed by atoms with van der Waals surface area (Å²) in [6.07, 6.45) is 0.362. The van der Waals surface area contributed by atoms with Crippen molar-refractivity contribution in [3.8, 4) is 5.75 Å². The Bertz CT molecular complexity index is 393. The molecule has 1 aromatic rings. The third-order valence-electron chi connectivity index (χ3n) is 3.16. The van der Waals surface area contributed by atoms with Gasteiger partial charge in [0.2, 0.25) is 0 Å². The molecule has 4 nitrogen and oxygen atoms in total. The first-order valence-corrected chi connectivity index (χ1v) is 5.48. The largest absolute Gasteiger partial charge is 0.495 e. The van der Waals surface area contributed by atoms with E-state index in [0.717, 1.165) is 30.0 Å². The molecular weight excluding hydrogens is 204 g/mol. The van der Waals surface area contributed by atoms with Crippen LogP contribution in [0.1, 0.15) is 17.2 Å². The van der Waals surface area contributed by atoms with Crippen LogP contribution in [0.25, 0.3) is 0 Å². The van der Waals surface area contributed by atoms with E-state index >= 15 is 0 Å². The van der Waals surface area contributed by atoms with E-state index in [1.165, 1.54) is 5.56 Å². The van der Waals surface area contributed by atoms with Gasteiger partial charge in [-0.2, -0.15) is 0 Å². The number of anilines is 1. The lowest BCUT2D eigenvalue weighted by molar-refractivity contribution is 0.186. The summed E-state index contributed by atoms with van der Waals surface area (Å²) in [5.74, 6) is 0.864. The van der Waals surface area contributed by atoms with Crippen LogP contribution in [0.4, 0.5) is 5.69 Å². The van der Waals surface area contributed by atoms with Crippen molar-refractivity contribution in [2.24, 2.45) is 5.73 Å². The van der Waals surface area contributed by atoms with Crippen molar-refractivity contribution < 1.29 is 9.84 Å². The SMILES string of the molecule is COc1ccc(C(O)CN)c2c1N(C)CC2. The molecule has 16 heavy (non-hydrogen) atoms. The van der Waals surface area contributed by atoms with Crippen LogP contribution >= 0.6 is 0 Å². The number of rotatable bonds is 3. The zero-order valence-electron chi connectivity index (χ0n) is 9.73. The van der Waals surface area contributed by atoms with E-state index in [2.05, 4.69) is 4.90 Å². The molecule has 1 heterocycles. The first-order valence-electron chi connectivity index (χ1n) is 5.48. The Morgan fingerprint density at radius 3 is 2.94 bits per heavy atom. The molecule has 2 rings (SSSR count). The maximum Gasteiger partial charge on any atom is 0.142 e. The van der Waals surface area contributed by atoms with Gasteiger partial charge in [-0.3, -0.25) is 0 Å². The number of benzene rings is 1. The van der Waals surface area contributed by atoms with E-state index in [4.69, 9.17) is 10.5 Å². The van der Waals surface area contributed by atoms with Gasteiger partial charge in [0.05, 0.1) is 18.9 Å². The number of likely N-dealkylation sites (N-methyl/N-ethyl adjacent to an activating group) is 1. The number of aliphatic hydroxyl groups excluding tert-OH is 1. The standard InChI is InChI=1S/C12H18N2O2/c1-14-6-5-9-8(10(15)7-13)3-4-11(16-2)12(9)14/h3-4,10,15H,5-7,13H2,1-2H3. The minimum atomic E-state index is -0.578. The molecule has 1 atom stereocenters. The second-order valence-electron chi connectivity index (χ2n) is 4.11. The summed E-state index contributed by atoms with van der Waals surface area (Å²) in [5.41, 5.74) is 8.70. The number of fused-ring (bicyclic) bond motifs is 1. The second kappa shape index (κ2) is 4.31. The lowest BCUT2D eigenvalue weighted by Gasteiger charge is -2.19. The van der Waals surface area contributed by atoms with Crippen molar-refractivity contribution >= 4 is 5.69 Å². The number of nitrogens with zero attached hydrogens (tertiary/aromatic N) is 1. The second-order valence-corrected chi connectivity index (χ2v) is 4.11. The molecule has 0 bridgehead atoms. The smallest absolute Gasteiger partial charge is 0.142 e. The van der Waals surface area contributed by atoms with Gasteiger partial charge >= 0.3 is 0 Å². The Hall–Kier alpha value is -1.26. The van der Waals surface area contributed by atoms with Gasteiger partial charge in [0.25, 0.3) is 0 Å². The van der Waals surface area contributed by atoms with Gasteiger partial charge in [-0.1, -0.05) is 6.07 Å². The summed E-state index contributed by atoms with van der Waals surface area (Å²) in [4.78, 5) is 2.15. The summed E-state index contributed by atoms with van der Waals surface area (Å²) < 4.78 is 5.34. The van der Waals surface area contributed by atoms with Gasteiger partial charge < -0.3 is 20.5 Å². The molecule has 0 amide bonds. The fourth-order valence-corrected chi connectivity index (χ4v) is 2.31. The van der Waals surface area contributed by atoms with Crippen LogP contribution in [-0.2, 0) is 6.42 Å². The molecule has 1 unspecified atom stereocenters. The number of aliphatic hydroxyl groups is 1. The fourth-order valence-electron chi connectivity index (χ4n) is 2.31. The summed E-state index contributed by atoms with van der Waals surface area (Å²) in [6.45, 7) is 1.21. The average molecular weight is 222 g/mol. The predicted molar refractivity (Wildman–Crippen MR) is 64.0 cm³/mol. The Balaban J connectivity index is 2.52. The van der Waals surface area contributed by atoms with Crippen LogP contribution in [-0.4, -0.2) is 32.4 Å². The van der Waals surface area contributed by atoms with Gasteiger partial charge in [0, 0.05) is 20.1 Å². The maximum atomic E-state index is 9.86. The van der Waals surface area contributed by atoms with Gasteiger partial charge in [-0.05, 0) is 23.6 Å². The van der Waals surface area contributed by atoms with Crippen LogP contribution < -0.4 is 15.4 Å². The number of hydrogen-bond acceptors (Lipinski definition) is 4. The van der Waals surface area contributed by atoms with E-state index in [9.17, 15) is 5.11 Å². The Morgan fingerprint density at radius 2 is 2.31 bits per heavy atom. The van der Waals surface area contributed by atoms with Gasteiger partial charge in [-0.25, -0.2) is 0 Å². The zero-order valence-corrected chi connectivity index (χ0v) is 9.73. The molecule has 4 heteroatoms. The summed E-state index contributed by atoms with van der Waals surface area (Å²) in [6, 6.07) is 3.81. The van der Waals surface area contributed by atoms with Crippen LogP contribution in [0.15, 0.2) is 12.1 Å². The average Bonchev–Trinajstić information content (AvgIpc) is 2.70. The minimum Gasteiger partial charge on any atom is -0.495 e. The maximum absolute atomic E-state index is 9.86. The number of ether oxygens (including phenoxy) is 1. The lowest BCUT2D eigenvalue weighted by atomic mass is 9.99. The van der Waals surface area contributed by atoms with Crippen molar-refractivity contribution in [2.75, 3.05) is 32.1 Å². The molecule has 1 aliphatic heterocycles. The fraction of sp³-hybridized carbons (Fsp3) is 0.500. The summed E-state index contributed by atoms with van der Waals surface area (Å²) in [7, 11) is 3.70. The number of methoxy groups -OCH3 is 1. The third-order valence-corrected chi connectivity index (χ3v) is 3.16. The van der Waals surface area contributed by atoms with E-state index in [1.54, 1.807) is 7.11 Å². The Kier molecular flexibility index (Phi) is 3.03. The summed E-state index contributed by atoms with van der Waals surface area (Å²) in [5, 5.41) is 9.86. The lowest BCUT2D eigenvalue weighted by Crippen LogP contribution is -2.14. The van der Waals surface area contributed by atoms with Gasteiger partial charge in [0.15, 0.2) is 0 Å². The van der Waals surface area contributed by atoms with Crippen molar-refractivity contribution in [1.29, 1.82) is 0 Å². The van der Waals surface area contributed by atoms with Gasteiger partial charge in [0.1, 0.15) is 5.75 Å². The predicted octanol–water partition coefficient (Wildman–Crippen LogP) is 0.680. The number of nitrogens with two attached hydrogens (primary N) is 1. The van der Waals surface area contributed by atoms with Crippen LogP contribution in [0.2, 0.25) is 0 Å². The highest BCUT2D eigenvalue weighted by Crippen LogP contribution is 2.40. The molecule has 0 saturated carbocycles. The quantitative estimate of drug-likeness (QED) is 0.789. The van der Waals surface area contributed by atoms with E-state index in [-0.39, 0.29) is 6.54 Å². The zero-order chi connectivity index (χ0) is 11.7. The number of hydrogen-bond donors (Lipinski definition) is 2. The normalized spacial score (nSPS) is 16.1. The highest BCUT2D eigenvalue weighted by Gasteiger charge is 2.25. The van der Waals surface area contributed by atoms with Crippen molar-refractivity contribution in [1.82, 2.24) is 0 Å². The first-order chi connectivity index (χ1) is 7.69. The first kappa shape index (κ1) is 11.2. The molecule has 88 valence electrons. The van der Waals surface area contributed by atoms with Gasteiger partial charge in [-0.15, -0.1) is 0 Å². The Morgan fingerprint density at radius 1 is 1.56 bits per heavy atom. The summed E-state index contributed by atoms with van der Waals surface area (Å²) >= 11 is 0. The van der Waals surface area contributed by atoms with Crippen LogP contribution in [0.3, 0.4) is 0 Å². The molecule has 0 radical (unpaired) electrons. The van der Waals surface area contributed by atoms with Crippen LogP contribution in [0.5, 0.6) is 5.75 Å². The topological polar surface area (TPSA) is 58.7 Å². The highest BCUT2D eigenvalue weighted by atomic mass is 16.5. The third kappa shape index (κ3) is 1.64. The monoisotopic (exact) mass is 222 g/mol. The van der Waals surface area contributed by atoms with E-state index in [1.807, 2.05) is 19.2 Å². The molecule has 0 fully saturated rings. The van der Waals surface area contributed by atoms with Crippen molar-refractivity contribution in [3.63, 3.8) is 0 Å². The molecule has 0 aromatic heterocycles. The highest BCUT2D eigenvalue weighted by molar-refractivity contribution is 5.69. The molecule has 0 spiro atoms. The van der Waals surface area contributed by atoms with Crippen molar-refractivity contribution in [2.45, 2.75) is 12.5 Å². The molecule has 0 aliphatic carbocycles. The minimum absolute atomic E-state index is 0.252. The van der Waals surface area contributed by atoms with E-state index in [0.29, 0.717) is 0 Å². The van der Waals surface area contributed by atoms with Crippen molar-refractivity contribution in [3.05, 3.63) is 23.3 Å². The Labute approximate surface area is 95.6 Å².